The molecule has 0 saturated carbocycles. The summed E-state index contributed by atoms with van der Waals surface area (Å²) in [5.74, 6) is 0.500. The minimum Gasteiger partial charge on any atom is -0.481 e. The molecule has 0 radical (unpaired) electrons. The minimum atomic E-state index is -0.547. The maximum atomic E-state index is 11.8. The normalized spacial score (nSPS) is 11.7. The number of rotatable bonds is 9. The van der Waals surface area contributed by atoms with Crippen LogP contribution in [0, 0.1) is 0 Å². The second kappa shape index (κ2) is 9.31. The third-order valence-electron chi connectivity index (χ3n) is 2.81. The summed E-state index contributed by atoms with van der Waals surface area (Å²) >= 11 is 4.86. The van der Waals surface area contributed by atoms with Crippen LogP contribution in [0.15, 0.2) is 24.3 Å². The molecule has 6 heteroatoms. The summed E-state index contributed by atoms with van der Waals surface area (Å²) in [4.78, 5) is 12.3. The van der Waals surface area contributed by atoms with Crippen molar-refractivity contribution in [2.75, 3.05) is 20.3 Å². The molecule has 0 aliphatic carbocycles. The second-order valence-corrected chi connectivity index (χ2v) is 5.21. The number of carbonyl (C=O) groups is 1. The Balaban J connectivity index is 2.41. The minimum absolute atomic E-state index is 0.140. The lowest BCUT2D eigenvalue weighted by molar-refractivity contribution is -0.127. The number of nitrogens with one attached hydrogen (secondary N) is 1. The van der Waals surface area contributed by atoms with Crippen LogP contribution >= 0.6 is 12.2 Å². The van der Waals surface area contributed by atoms with E-state index in [1.54, 1.807) is 14.0 Å². The van der Waals surface area contributed by atoms with E-state index in [0.717, 1.165) is 12.0 Å². The van der Waals surface area contributed by atoms with Crippen molar-refractivity contribution in [3.05, 3.63) is 29.8 Å². The van der Waals surface area contributed by atoms with Crippen LogP contribution in [0.5, 0.6) is 5.75 Å². The van der Waals surface area contributed by atoms with Crippen LogP contribution in [0.3, 0.4) is 0 Å². The zero-order valence-electron chi connectivity index (χ0n) is 12.4. The van der Waals surface area contributed by atoms with E-state index in [4.69, 9.17) is 27.4 Å². The Morgan fingerprint density at radius 3 is 2.62 bits per heavy atom. The molecule has 0 aliphatic heterocycles. The molecule has 5 nitrogen and oxygen atoms in total. The summed E-state index contributed by atoms with van der Waals surface area (Å²) in [5, 5.41) is 2.80. The predicted molar refractivity (Wildman–Crippen MR) is 86.5 cm³/mol. The highest BCUT2D eigenvalue weighted by molar-refractivity contribution is 7.80. The highest BCUT2D eigenvalue weighted by Crippen LogP contribution is 2.14. The molecule has 1 aromatic rings. The number of ether oxygens (including phenoxy) is 2. The van der Waals surface area contributed by atoms with Crippen molar-refractivity contribution in [2.24, 2.45) is 5.73 Å². The van der Waals surface area contributed by atoms with Crippen LogP contribution in [0.25, 0.3) is 0 Å². The van der Waals surface area contributed by atoms with Gasteiger partial charge in [-0.15, -0.1) is 0 Å². The Kier molecular flexibility index (Phi) is 7.71. The Labute approximate surface area is 130 Å². The first-order valence-electron chi connectivity index (χ1n) is 6.83. The molecule has 0 aromatic heterocycles. The summed E-state index contributed by atoms with van der Waals surface area (Å²) in [6.45, 7) is 2.92. The maximum absolute atomic E-state index is 11.8. The van der Waals surface area contributed by atoms with Crippen LogP contribution in [0.1, 0.15) is 18.9 Å². The van der Waals surface area contributed by atoms with Crippen molar-refractivity contribution < 1.29 is 14.3 Å². The van der Waals surface area contributed by atoms with Gasteiger partial charge in [0, 0.05) is 26.7 Å². The fourth-order valence-electron chi connectivity index (χ4n) is 1.72. The average Bonchev–Trinajstić information content (AvgIpc) is 2.45. The van der Waals surface area contributed by atoms with E-state index in [0.29, 0.717) is 30.3 Å². The van der Waals surface area contributed by atoms with Crippen molar-refractivity contribution in [1.29, 1.82) is 0 Å². The van der Waals surface area contributed by atoms with Crippen LogP contribution in [-0.2, 0) is 16.0 Å². The van der Waals surface area contributed by atoms with Crippen LogP contribution in [0.4, 0.5) is 0 Å². The first-order valence-corrected chi connectivity index (χ1v) is 7.24. The zero-order valence-corrected chi connectivity index (χ0v) is 13.2. The third kappa shape index (κ3) is 7.06. The Hall–Kier alpha value is -1.66. The SMILES string of the molecule is COCCCNC(=O)C(C)Oc1ccc(CC(N)=S)cc1. The first-order chi connectivity index (χ1) is 10.0. The van der Waals surface area contributed by atoms with E-state index in [9.17, 15) is 4.79 Å². The van der Waals surface area contributed by atoms with Crippen molar-refractivity contribution in [3.63, 3.8) is 0 Å². The van der Waals surface area contributed by atoms with Gasteiger partial charge in [-0.3, -0.25) is 4.79 Å². The summed E-state index contributed by atoms with van der Waals surface area (Å²) in [5.41, 5.74) is 6.51. The Morgan fingerprint density at radius 2 is 2.05 bits per heavy atom. The van der Waals surface area contributed by atoms with Gasteiger partial charge in [0.2, 0.25) is 0 Å². The van der Waals surface area contributed by atoms with E-state index >= 15 is 0 Å². The summed E-state index contributed by atoms with van der Waals surface area (Å²) < 4.78 is 10.5. The number of benzene rings is 1. The topological polar surface area (TPSA) is 73.6 Å². The molecule has 1 atom stereocenters. The molecule has 1 unspecified atom stereocenters. The molecule has 1 rings (SSSR count). The van der Waals surface area contributed by atoms with Gasteiger partial charge in [-0.05, 0) is 31.0 Å². The van der Waals surface area contributed by atoms with Gasteiger partial charge >= 0.3 is 0 Å². The van der Waals surface area contributed by atoms with Gasteiger partial charge in [0.25, 0.3) is 5.91 Å². The first kappa shape index (κ1) is 17.4. The Morgan fingerprint density at radius 1 is 1.38 bits per heavy atom. The van der Waals surface area contributed by atoms with Gasteiger partial charge in [0.05, 0.1) is 4.99 Å². The molecule has 1 aromatic carbocycles. The number of thiocarbonyl (C=S) groups is 1. The van der Waals surface area contributed by atoms with Crippen molar-refractivity contribution in [1.82, 2.24) is 5.32 Å². The second-order valence-electron chi connectivity index (χ2n) is 4.68. The molecule has 0 saturated heterocycles. The van der Waals surface area contributed by atoms with Crippen molar-refractivity contribution >= 4 is 23.1 Å². The molecule has 0 heterocycles. The van der Waals surface area contributed by atoms with E-state index in [1.807, 2.05) is 24.3 Å². The molecular formula is C15H22N2O3S. The molecule has 0 spiro atoms. The lowest BCUT2D eigenvalue weighted by atomic mass is 10.1. The fourth-order valence-corrected chi connectivity index (χ4v) is 1.88. The molecule has 0 aliphatic rings. The third-order valence-corrected chi connectivity index (χ3v) is 2.95. The van der Waals surface area contributed by atoms with Gasteiger partial charge < -0.3 is 20.5 Å². The summed E-state index contributed by atoms with van der Waals surface area (Å²) in [7, 11) is 1.63. The van der Waals surface area contributed by atoms with Gasteiger partial charge in [0.1, 0.15) is 5.75 Å². The smallest absolute Gasteiger partial charge is 0.260 e. The molecule has 1 amide bonds. The number of carbonyl (C=O) groups excluding carboxylic acids is 1. The maximum Gasteiger partial charge on any atom is 0.260 e. The van der Waals surface area contributed by atoms with Crippen LogP contribution < -0.4 is 15.8 Å². The molecule has 0 fully saturated rings. The molecule has 3 N–H and O–H groups in total. The van der Waals surface area contributed by atoms with Crippen LogP contribution in [0.2, 0.25) is 0 Å². The predicted octanol–water partition coefficient (Wildman–Crippen LogP) is 1.44. The fraction of sp³-hybridized carbons (Fsp3) is 0.467. The van der Waals surface area contributed by atoms with E-state index in [1.165, 1.54) is 0 Å². The average molecular weight is 310 g/mol. The quantitative estimate of drug-likeness (QED) is 0.533. The van der Waals surface area contributed by atoms with E-state index < -0.39 is 6.10 Å². The number of methoxy groups -OCH3 is 1. The Bertz CT molecular complexity index is 462. The van der Waals surface area contributed by atoms with Crippen molar-refractivity contribution in [2.45, 2.75) is 25.9 Å². The van der Waals surface area contributed by atoms with E-state index in [2.05, 4.69) is 5.32 Å². The standard InChI is InChI=1S/C15H22N2O3S/c1-11(15(18)17-8-3-9-19-2)20-13-6-4-12(5-7-13)10-14(16)21/h4-7,11H,3,8-10H2,1-2H3,(H2,16,21)(H,17,18). The zero-order chi connectivity index (χ0) is 15.7. The molecule has 116 valence electrons. The summed E-state index contributed by atoms with van der Waals surface area (Å²) in [6.07, 6.45) is 0.794. The number of hydrogen-bond donors (Lipinski definition) is 2. The monoisotopic (exact) mass is 310 g/mol. The van der Waals surface area contributed by atoms with Gasteiger partial charge in [-0.1, -0.05) is 24.4 Å². The molecule has 21 heavy (non-hydrogen) atoms. The number of hydrogen-bond acceptors (Lipinski definition) is 4. The lowest BCUT2D eigenvalue weighted by Crippen LogP contribution is -2.37. The van der Waals surface area contributed by atoms with Gasteiger partial charge in [0.15, 0.2) is 6.10 Å². The largest absolute Gasteiger partial charge is 0.481 e. The number of amides is 1. The molecule has 0 bridgehead atoms. The van der Waals surface area contributed by atoms with Gasteiger partial charge in [-0.25, -0.2) is 0 Å². The van der Waals surface area contributed by atoms with Crippen molar-refractivity contribution in [3.8, 4) is 5.75 Å². The number of nitrogens with two attached hydrogens (primary N) is 1. The van der Waals surface area contributed by atoms with E-state index in [-0.39, 0.29) is 5.91 Å². The van der Waals surface area contributed by atoms with Gasteiger partial charge in [-0.2, -0.15) is 0 Å². The van der Waals surface area contributed by atoms with Crippen LogP contribution in [-0.4, -0.2) is 37.3 Å². The molecular weight excluding hydrogens is 288 g/mol. The lowest BCUT2D eigenvalue weighted by Gasteiger charge is -2.15. The summed E-state index contributed by atoms with van der Waals surface area (Å²) in [6, 6.07) is 7.39. The highest BCUT2D eigenvalue weighted by Gasteiger charge is 2.13. The highest BCUT2D eigenvalue weighted by atomic mass is 32.1.